The van der Waals surface area contributed by atoms with Crippen LogP contribution in [0.4, 0.5) is 4.79 Å². The first-order chi connectivity index (χ1) is 16.7. The summed E-state index contributed by atoms with van der Waals surface area (Å²) in [4.78, 5) is 37.3. The molecule has 0 aliphatic heterocycles. The second kappa shape index (κ2) is 10.1. The Morgan fingerprint density at radius 3 is 2.17 bits per heavy atom. The molecule has 0 radical (unpaired) electrons. The van der Waals surface area contributed by atoms with E-state index in [2.05, 4.69) is 34.9 Å². The van der Waals surface area contributed by atoms with E-state index in [1.54, 1.807) is 0 Å². The molecule has 3 N–H and O–H groups in total. The van der Waals surface area contributed by atoms with Crippen LogP contribution >= 0.6 is 0 Å². The van der Waals surface area contributed by atoms with Gasteiger partial charge in [0.2, 0.25) is 5.91 Å². The fraction of sp³-hybridized carbons (Fsp3) is 0.464. The molecule has 7 heteroatoms. The smallest absolute Gasteiger partial charge is 0.407 e. The zero-order chi connectivity index (χ0) is 25.2. The van der Waals surface area contributed by atoms with Crippen LogP contribution in [0.25, 0.3) is 11.1 Å². The highest BCUT2D eigenvalue weighted by Crippen LogP contribution is 2.44. The van der Waals surface area contributed by atoms with Crippen molar-refractivity contribution in [3.8, 4) is 11.1 Å². The maximum atomic E-state index is 13.0. The standard InChI is InChI=1S/C28H34N2O5/c1-28(2,3)24(25(31)29-15-17-9-8-14-18(17)26(32)33)30-27(34)35-16-23-21-12-6-4-10-19(21)20-11-5-7-13-22(20)23/h4-7,10-13,17-18,23-24H,8-9,14-16H2,1-3H3,(H,29,31)(H,30,34)(H,32,33)/t17-,18-,24-/m1/s1. The normalized spacial score (nSPS) is 20.0. The minimum atomic E-state index is -0.817. The van der Waals surface area contributed by atoms with E-state index in [4.69, 9.17) is 4.74 Å². The van der Waals surface area contributed by atoms with Gasteiger partial charge in [0.25, 0.3) is 0 Å². The summed E-state index contributed by atoms with van der Waals surface area (Å²) in [5.41, 5.74) is 3.98. The number of carbonyl (C=O) groups excluding carboxylic acids is 2. The fourth-order valence-electron chi connectivity index (χ4n) is 5.37. The fourth-order valence-corrected chi connectivity index (χ4v) is 5.37. The predicted molar refractivity (Wildman–Crippen MR) is 133 cm³/mol. The number of hydrogen-bond acceptors (Lipinski definition) is 4. The third-order valence-electron chi connectivity index (χ3n) is 7.25. The van der Waals surface area contributed by atoms with Gasteiger partial charge in [-0.2, -0.15) is 0 Å². The maximum absolute atomic E-state index is 13.0. The molecule has 1 saturated carbocycles. The van der Waals surface area contributed by atoms with Crippen molar-refractivity contribution in [1.29, 1.82) is 0 Å². The molecule has 35 heavy (non-hydrogen) atoms. The number of rotatable bonds is 7. The van der Waals surface area contributed by atoms with Crippen LogP contribution < -0.4 is 10.6 Å². The van der Waals surface area contributed by atoms with E-state index in [1.807, 2.05) is 45.0 Å². The SMILES string of the molecule is CC(C)(C)[C@H](NC(=O)OCC1c2ccccc2-c2ccccc21)C(=O)NC[C@H]1CCC[C@H]1C(=O)O. The average molecular weight is 479 g/mol. The molecule has 4 rings (SSSR count). The second-order valence-corrected chi connectivity index (χ2v) is 10.6. The monoisotopic (exact) mass is 478 g/mol. The summed E-state index contributed by atoms with van der Waals surface area (Å²) in [5, 5.41) is 15.0. The largest absolute Gasteiger partial charge is 0.481 e. The number of hydrogen-bond donors (Lipinski definition) is 3. The van der Waals surface area contributed by atoms with Gasteiger partial charge in [0.1, 0.15) is 12.6 Å². The highest BCUT2D eigenvalue weighted by molar-refractivity contribution is 5.86. The van der Waals surface area contributed by atoms with E-state index in [1.165, 1.54) is 0 Å². The van der Waals surface area contributed by atoms with Gasteiger partial charge < -0.3 is 20.5 Å². The van der Waals surface area contributed by atoms with E-state index in [9.17, 15) is 19.5 Å². The molecule has 186 valence electrons. The third-order valence-corrected chi connectivity index (χ3v) is 7.25. The van der Waals surface area contributed by atoms with Crippen molar-refractivity contribution >= 4 is 18.0 Å². The van der Waals surface area contributed by atoms with Gasteiger partial charge in [-0.3, -0.25) is 9.59 Å². The highest BCUT2D eigenvalue weighted by atomic mass is 16.5. The topological polar surface area (TPSA) is 105 Å². The summed E-state index contributed by atoms with van der Waals surface area (Å²) in [5.74, 6) is -1.73. The summed E-state index contributed by atoms with van der Waals surface area (Å²) in [7, 11) is 0. The van der Waals surface area contributed by atoms with Gasteiger partial charge in [-0.05, 0) is 46.4 Å². The Morgan fingerprint density at radius 1 is 1.00 bits per heavy atom. The van der Waals surface area contributed by atoms with E-state index < -0.39 is 29.4 Å². The van der Waals surface area contributed by atoms with Crippen molar-refractivity contribution in [2.75, 3.05) is 13.2 Å². The molecule has 3 atom stereocenters. The number of amides is 2. The van der Waals surface area contributed by atoms with Crippen molar-refractivity contribution < 1.29 is 24.2 Å². The van der Waals surface area contributed by atoms with Crippen LogP contribution in [-0.4, -0.2) is 42.3 Å². The van der Waals surface area contributed by atoms with Gasteiger partial charge in [0.05, 0.1) is 5.92 Å². The minimum Gasteiger partial charge on any atom is -0.481 e. The molecule has 2 aromatic rings. The molecule has 2 aromatic carbocycles. The Bertz CT molecular complexity index is 1060. The molecule has 2 aliphatic carbocycles. The van der Waals surface area contributed by atoms with Crippen molar-refractivity contribution in [3.63, 3.8) is 0 Å². The molecular formula is C28H34N2O5. The lowest BCUT2D eigenvalue weighted by Crippen LogP contribution is -2.54. The van der Waals surface area contributed by atoms with Crippen LogP contribution in [-0.2, 0) is 14.3 Å². The van der Waals surface area contributed by atoms with E-state index in [0.29, 0.717) is 6.42 Å². The summed E-state index contributed by atoms with van der Waals surface area (Å²) < 4.78 is 5.63. The molecule has 0 saturated heterocycles. The molecule has 0 unspecified atom stereocenters. The van der Waals surface area contributed by atoms with E-state index in [-0.39, 0.29) is 30.9 Å². The third kappa shape index (κ3) is 5.34. The molecule has 2 amide bonds. The van der Waals surface area contributed by atoms with Gasteiger partial charge in [0.15, 0.2) is 0 Å². The molecular weight excluding hydrogens is 444 g/mol. The summed E-state index contributed by atoms with van der Waals surface area (Å²) in [6.07, 6.45) is 1.61. The van der Waals surface area contributed by atoms with E-state index in [0.717, 1.165) is 35.1 Å². The zero-order valence-electron chi connectivity index (χ0n) is 20.5. The van der Waals surface area contributed by atoms with Crippen molar-refractivity contribution in [2.24, 2.45) is 17.3 Å². The average Bonchev–Trinajstić information content (AvgIpc) is 3.42. The first kappa shape index (κ1) is 24.8. The van der Waals surface area contributed by atoms with Crippen molar-refractivity contribution in [1.82, 2.24) is 10.6 Å². The van der Waals surface area contributed by atoms with Crippen molar-refractivity contribution in [2.45, 2.75) is 52.0 Å². The number of alkyl carbamates (subject to hydrolysis) is 1. The zero-order valence-corrected chi connectivity index (χ0v) is 20.5. The number of benzene rings is 2. The molecule has 2 aliphatic rings. The lowest BCUT2D eigenvalue weighted by Gasteiger charge is -2.30. The first-order valence-electron chi connectivity index (χ1n) is 12.3. The highest BCUT2D eigenvalue weighted by Gasteiger charge is 2.37. The molecule has 0 bridgehead atoms. The van der Waals surface area contributed by atoms with E-state index >= 15 is 0 Å². The quantitative estimate of drug-likeness (QED) is 0.541. The van der Waals surface area contributed by atoms with Crippen LogP contribution in [0.3, 0.4) is 0 Å². The maximum Gasteiger partial charge on any atom is 0.407 e. The lowest BCUT2D eigenvalue weighted by atomic mass is 9.86. The molecule has 0 heterocycles. The lowest BCUT2D eigenvalue weighted by molar-refractivity contribution is -0.143. The molecule has 1 fully saturated rings. The number of aliphatic carboxylic acids is 1. The Balaban J connectivity index is 1.38. The number of carboxylic acid groups (broad SMARTS) is 1. The van der Waals surface area contributed by atoms with Gasteiger partial charge >= 0.3 is 12.1 Å². The van der Waals surface area contributed by atoms with Crippen molar-refractivity contribution in [3.05, 3.63) is 59.7 Å². The summed E-state index contributed by atoms with van der Waals surface area (Å²) in [6, 6.07) is 15.4. The minimum absolute atomic E-state index is 0.0645. The van der Waals surface area contributed by atoms with Crippen LogP contribution in [0.15, 0.2) is 48.5 Å². The Morgan fingerprint density at radius 2 is 1.60 bits per heavy atom. The van der Waals surface area contributed by atoms with Gasteiger partial charge in [-0.1, -0.05) is 75.7 Å². The van der Waals surface area contributed by atoms with Crippen LogP contribution in [0.5, 0.6) is 0 Å². The second-order valence-electron chi connectivity index (χ2n) is 10.6. The Kier molecular flexibility index (Phi) is 7.15. The van der Waals surface area contributed by atoms with Crippen LogP contribution in [0.1, 0.15) is 57.1 Å². The first-order valence-corrected chi connectivity index (χ1v) is 12.3. The number of nitrogens with one attached hydrogen (secondary N) is 2. The molecule has 0 aromatic heterocycles. The Hall–Kier alpha value is -3.35. The molecule has 0 spiro atoms. The van der Waals surface area contributed by atoms with Gasteiger partial charge in [-0.15, -0.1) is 0 Å². The number of ether oxygens (including phenoxy) is 1. The van der Waals surface area contributed by atoms with Crippen LogP contribution in [0.2, 0.25) is 0 Å². The predicted octanol–water partition coefficient (Wildman–Crippen LogP) is 4.56. The molecule has 7 nitrogen and oxygen atoms in total. The van der Waals surface area contributed by atoms with Gasteiger partial charge in [0, 0.05) is 12.5 Å². The van der Waals surface area contributed by atoms with Crippen LogP contribution in [0, 0.1) is 17.3 Å². The number of fused-ring (bicyclic) bond motifs is 3. The Labute approximate surface area is 206 Å². The number of carboxylic acids is 1. The summed E-state index contributed by atoms with van der Waals surface area (Å²) >= 11 is 0. The summed E-state index contributed by atoms with van der Waals surface area (Å²) in [6.45, 7) is 6.07. The number of carbonyl (C=O) groups is 3. The van der Waals surface area contributed by atoms with Gasteiger partial charge in [-0.25, -0.2) is 4.79 Å².